The Kier molecular flexibility index (Phi) is 7.87. The van der Waals surface area contributed by atoms with Gasteiger partial charge < -0.3 is 10.0 Å². The number of aliphatic hydroxyl groups is 1. The zero-order valence-electron chi connectivity index (χ0n) is 11.8. The van der Waals surface area contributed by atoms with Crippen LogP contribution in [0.3, 0.4) is 0 Å². The van der Waals surface area contributed by atoms with Gasteiger partial charge in [-0.1, -0.05) is 39.5 Å². The van der Waals surface area contributed by atoms with E-state index in [1.165, 1.54) is 51.5 Å². The third kappa shape index (κ3) is 5.39. The molecule has 1 aliphatic carbocycles. The van der Waals surface area contributed by atoms with Crippen LogP contribution in [0.4, 0.5) is 0 Å². The standard InChI is InChI=1S/C15H31NO/c1-3-11-16(12-8-13-17)15-10-7-5-4-6-9-14(15)2/h14-15,17H,3-13H2,1-2H3. The van der Waals surface area contributed by atoms with Crippen molar-refractivity contribution in [1.82, 2.24) is 4.90 Å². The van der Waals surface area contributed by atoms with Crippen molar-refractivity contribution in [2.45, 2.75) is 71.3 Å². The van der Waals surface area contributed by atoms with Gasteiger partial charge >= 0.3 is 0 Å². The number of aliphatic hydroxyl groups excluding tert-OH is 1. The van der Waals surface area contributed by atoms with Gasteiger partial charge in [0.2, 0.25) is 0 Å². The lowest BCUT2D eigenvalue weighted by Crippen LogP contribution is -2.41. The molecule has 1 rings (SSSR count). The fraction of sp³-hybridized carbons (Fsp3) is 1.00. The molecule has 2 nitrogen and oxygen atoms in total. The number of hydrogen-bond acceptors (Lipinski definition) is 2. The molecule has 2 unspecified atom stereocenters. The van der Waals surface area contributed by atoms with Gasteiger partial charge in [0.25, 0.3) is 0 Å². The average molecular weight is 241 g/mol. The second-order valence-electron chi connectivity index (χ2n) is 5.65. The summed E-state index contributed by atoms with van der Waals surface area (Å²) in [6.07, 6.45) is 10.6. The third-order valence-electron chi connectivity index (χ3n) is 4.15. The predicted octanol–water partition coefficient (Wildman–Crippen LogP) is 3.44. The third-order valence-corrected chi connectivity index (χ3v) is 4.15. The minimum absolute atomic E-state index is 0.335. The van der Waals surface area contributed by atoms with Crippen LogP contribution in [0.5, 0.6) is 0 Å². The molecular formula is C15H31NO. The molecule has 1 N–H and O–H groups in total. The zero-order chi connectivity index (χ0) is 12.5. The molecular weight excluding hydrogens is 210 g/mol. The van der Waals surface area contributed by atoms with E-state index in [0.717, 1.165) is 24.9 Å². The van der Waals surface area contributed by atoms with Gasteiger partial charge in [-0.3, -0.25) is 0 Å². The van der Waals surface area contributed by atoms with Crippen LogP contribution in [0.25, 0.3) is 0 Å². The van der Waals surface area contributed by atoms with Gasteiger partial charge in [-0.15, -0.1) is 0 Å². The average Bonchev–Trinajstić information content (AvgIpc) is 2.31. The lowest BCUT2D eigenvalue weighted by Gasteiger charge is -2.37. The summed E-state index contributed by atoms with van der Waals surface area (Å²) in [5.74, 6) is 0.834. The molecule has 0 bridgehead atoms. The van der Waals surface area contributed by atoms with E-state index in [-0.39, 0.29) is 0 Å². The van der Waals surface area contributed by atoms with Crippen molar-refractivity contribution in [2.24, 2.45) is 5.92 Å². The van der Waals surface area contributed by atoms with Gasteiger partial charge in [-0.05, 0) is 38.1 Å². The van der Waals surface area contributed by atoms with Crippen LogP contribution < -0.4 is 0 Å². The highest BCUT2D eigenvalue weighted by Gasteiger charge is 2.24. The van der Waals surface area contributed by atoms with Crippen molar-refractivity contribution in [3.05, 3.63) is 0 Å². The van der Waals surface area contributed by atoms with Crippen molar-refractivity contribution >= 4 is 0 Å². The first kappa shape index (κ1) is 15.0. The number of hydrogen-bond donors (Lipinski definition) is 1. The van der Waals surface area contributed by atoms with E-state index >= 15 is 0 Å². The van der Waals surface area contributed by atoms with Crippen LogP contribution in [-0.2, 0) is 0 Å². The van der Waals surface area contributed by atoms with E-state index in [4.69, 9.17) is 5.11 Å². The van der Waals surface area contributed by atoms with Gasteiger partial charge in [0.15, 0.2) is 0 Å². The SMILES string of the molecule is CCCN(CCCO)C1CCCCCCC1C. The molecule has 0 aromatic rings. The second kappa shape index (κ2) is 8.93. The highest BCUT2D eigenvalue weighted by Crippen LogP contribution is 2.26. The second-order valence-corrected chi connectivity index (χ2v) is 5.65. The van der Waals surface area contributed by atoms with Gasteiger partial charge in [0.1, 0.15) is 0 Å². The van der Waals surface area contributed by atoms with E-state index < -0.39 is 0 Å². The molecule has 0 saturated heterocycles. The van der Waals surface area contributed by atoms with Gasteiger partial charge in [-0.25, -0.2) is 0 Å². The van der Waals surface area contributed by atoms with Crippen molar-refractivity contribution in [1.29, 1.82) is 0 Å². The maximum atomic E-state index is 9.02. The molecule has 2 heteroatoms. The number of nitrogens with zero attached hydrogens (tertiary/aromatic N) is 1. The minimum Gasteiger partial charge on any atom is -0.396 e. The van der Waals surface area contributed by atoms with E-state index in [1.807, 2.05) is 0 Å². The highest BCUT2D eigenvalue weighted by atomic mass is 16.3. The summed E-state index contributed by atoms with van der Waals surface area (Å²) in [6.45, 7) is 7.31. The normalized spacial score (nSPS) is 26.8. The molecule has 102 valence electrons. The van der Waals surface area contributed by atoms with Crippen molar-refractivity contribution in [3.8, 4) is 0 Å². The molecule has 0 aromatic carbocycles. The lowest BCUT2D eigenvalue weighted by molar-refractivity contribution is 0.114. The molecule has 0 spiro atoms. The van der Waals surface area contributed by atoms with Crippen LogP contribution in [-0.4, -0.2) is 35.7 Å². The Hall–Kier alpha value is -0.0800. The predicted molar refractivity (Wildman–Crippen MR) is 74.2 cm³/mol. The first-order valence-electron chi connectivity index (χ1n) is 7.64. The summed E-state index contributed by atoms with van der Waals surface area (Å²) in [6, 6.07) is 0.766. The Bertz CT molecular complexity index is 184. The first-order valence-corrected chi connectivity index (χ1v) is 7.64. The van der Waals surface area contributed by atoms with Crippen LogP contribution in [0.1, 0.15) is 65.2 Å². The summed E-state index contributed by atoms with van der Waals surface area (Å²) in [5, 5.41) is 9.02. The Balaban J connectivity index is 2.53. The van der Waals surface area contributed by atoms with Crippen LogP contribution >= 0.6 is 0 Å². The summed E-state index contributed by atoms with van der Waals surface area (Å²) in [4.78, 5) is 2.65. The lowest BCUT2D eigenvalue weighted by atomic mass is 9.87. The molecule has 2 atom stereocenters. The molecule has 1 fully saturated rings. The van der Waals surface area contributed by atoms with Crippen molar-refractivity contribution in [3.63, 3.8) is 0 Å². The molecule has 0 aliphatic heterocycles. The highest BCUT2D eigenvalue weighted by molar-refractivity contribution is 4.79. The quantitative estimate of drug-likeness (QED) is 0.770. The Morgan fingerprint density at radius 2 is 1.76 bits per heavy atom. The summed E-state index contributed by atoms with van der Waals surface area (Å²) in [7, 11) is 0. The smallest absolute Gasteiger partial charge is 0.0443 e. The van der Waals surface area contributed by atoms with Crippen LogP contribution in [0, 0.1) is 5.92 Å². The van der Waals surface area contributed by atoms with Crippen molar-refractivity contribution < 1.29 is 5.11 Å². The van der Waals surface area contributed by atoms with E-state index in [2.05, 4.69) is 18.7 Å². The topological polar surface area (TPSA) is 23.5 Å². The maximum absolute atomic E-state index is 9.02. The first-order chi connectivity index (χ1) is 8.29. The molecule has 0 radical (unpaired) electrons. The van der Waals surface area contributed by atoms with Crippen LogP contribution in [0.15, 0.2) is 0 Å². The summed E-state index contributed by atoms with van der Waals surface area (Å²) in [5.41, 5.74) is 0. The summed E-state index contributed by atoms with van der Waals surface area (Å²) < 4.78 is 0. The molecule has 0 amide bonds. The summed E-state index contributed by atoms with van der Waals surface area (Å²) >= 11 is 0. The Morgan fingerprint density at radius 1 is 1.06 bits per heavy atom. The van der Waals surface area contributed by atoms with Crippen molar-refractivity contribution in [2.75, 3.05) is 19.7 Å². The van der Waals surface area contributed by atoms with E-state index in [9.17, 15) is 0 Å². The molecule has 1 aliphatic rings. The number of rotatable bonds is 6. The van der Waals surface area contributed by atoms with Gasteiger partial charge in [-0.2, -0.15) is 0 Å². The molecule has 0 heterocycles. The monoisotopic (exact) mass is 241 g/mol. The van der Waals surface area contributed by atoms with Gasteiger partial charge in [0.05, 0.1) is 0 Å². The Morgan fingerprint density at radius 3 is 2.41 bits per heavy atom. The molecule has 17 heavy (non-hydrogen) atoms. The Labute approximate surface area is 107 Å². The van der Waals surface area contributed by atoms with E-state index in [1.54, 1.807) is 0 Å². The molecule has 1 saturated carbocycles. The van der Waals surface area contributed by atoms with Gasteiger partial charge in [0, 0.05) is 19.2 Å². The fourth-order valence-electron chi connectivity index (χ4n) is 3.20. The van der Waals surface area contributed by atoms with Crippen LogP contribution in [0.2, 0.25) is 0 Å². The zero-order valence-corrected chi connectivity index (χ0v) is 11.8. The minimum atomic E-state index is 0.335. The maximum Gasteiger partial charge on any atom is 0.0443 e. The van der Waals surface area contributed by atoms with E-state index in [0.29, 0.717) is 6.61 Å². The molecule has 0 aromatic heterocycles. The largest absolute Gasteiger partial charge is 0.396 e. The fourth-order valence-corrected chi connectivity index (χ4v) is 3.20.